The Bertz CT molecular complexity index is 790. The zero-order chi connectivity index (χ0) is 22.5. The first-order chi connectivity index (χ1) is 15.1. The predicted octanol–water partition coefficient (Wildman–Crippen LogP) is 8.63. The number of hydrogen-bond acceptors (Lipinski definition) is 2. The van der Waals surface area contributed by atoms with E-state index in [4.69, 9.17) is 9.47 Å². The molecule has 0 bridgehead atoms. The molecule has 0 saturated heterocycles. The summed E-state index contributed by atoms with van der Waals surface area (Å²) in [6, 6.07) is 17.3. The van der Waals surface area contributed by atoms with Crippen LogP contribution in [0.25, 0.3) is 9.67 Å². The first-order valence-electron chi connectivity index (χ1n) is 12.1. The van der Waals surface area contributed by atoms with Crippen LogP contribution in [-0.2, 0) is 0 Å². The Morgan fingerprint density at radius 2 is 1.26 bits per heavy atom. The second-order valence-corrected chi connectivity index (χ2v) is 21.8. The fraction of sp³-hybridized carbons (Fsp3) is 0.500. The predicted molar refractivity (Wildman–Crippen MR) is 139 cm³/mol. The van der Waals surface area contributed by atoms with Crippen molar-refractivity contribution < 1.29 is 9.47 Å². The van der Waals surface area contributed by atoms with Gasteiger partial charge in [-0.1, -0.05) is 0 Å². The Morgan fingerprint density at radius 1 is 0.742 bits per heavy atom. The van der Waals surface area contributed by atoms with Crippen LogP contribution in [0.2, 0.25) is 13.3 Å². The summed E-state index contributed by atoms with van der Waals surface area (Å²) in [6.45, 7) is 7.02. The number of methoxy groups -OCH3 is 2. The molecule has 0 fully saturated rings. The van der Waals surface area contributed by atoms with Crippen molar-refractivity contribution in [1.29, 1.82) is 0 Å². The van der Waals surface area contributed by atoms with Gasteiger partial charge in [0.1, 0.15) is 0 Å². The third kappa shape index (κ3) is 7.59. The molecule has 0 radical (unpaired) electrons. The standard InChI is InChI=1S/C16H15O2.3C4H9.Sn/c1-17-15-7-3-5-13(11-15)9-10-14-6-4-8-16(12-14)18-2;3*1-3-4-2;/h3-9,11-12H,1-2H3;3*1,3-4H2,2H3;. The van der Waals surface area contributed by atoms with Gasteiger partial charge < -0.3 is 0 Å². The van der Waals surface area contributed by atoms with E-state index in [1.54, 1.807) is 17.8 Å². The molecule has 0 aliphatic rings. The molecule has 2 nitrogen and oxygen atoms in total. The summed E-state index contributed by atoms with van der Waals surface area (Å²) >= 11 is -2.68. The fourth-order valence-electron chi connectivity index (χ4n) is 4.56. The van der Waals surface area contributed by atoms with Crippen molar-refractivity contribution in [3.63, 3.8) is 0 Å². The van der Waals surface area contributed by atoms with Crippen LogP contribution < -0.4 is 9.47 Å². The number of unbranched alkanes of at least 4 members (excludes halogenated alkanes) is 3. The van der Waals surface area contributed by atoms with E-state index in [1.807, 2.05) is 6.07 Å². The van der Waals surface area contributed by atoms with Crippen LogP contribution in [0, 0.1) is 0 Å². The molecule has 31 heavy (non-hydrogen) atoms. The average molecular weight is 529 g/mol. The Morgan fingerprint density at radius 3 is 1.77 bits per heavy atom. The maximum atomic E-state index is 5.62. The van der Waals surface area contributed by atoms with Crippen molar-refractivity contribution in [2.45, 2.75) is 72.6 Å². The van der Waals surface area contributed by atoms with Gasteiger partial charge in [0.15, 0.2) is 0 Å². The molecule has 170 valence electrons. The molecule has 0 aromatic heterocycles. The van der Waals surface area contributed by atoms with Gasteiger partial charge in [-0.3, -0.25) is 0 Å². The van der Waals surface area contributed by atoms with Crippen LogP contribution in [0.3, 0.4) is 0 Å². The molecule has 2 aromatic carbocycles. The third-order valence-electron chi connectivity index (χ3n) is 6.38. The number of ether oxygens (including phenoxy) is 2. The van der Waals surface area contributed by atoms with Gasteiger partial charge in [-0.15, -0.1) is 0 Å². The van der Waals surface area contributed by atoms with E-state index in [0.717, 1.165) is 11.5 Å². The van der Waals surface area contributed by atoms with Crippen molar-refractivity contribution in [2.24, 2.45) is 0 Å². The topological polar surface area (TPSA) is 18.5 Å². The van der Waals surface area contributed by atoms with Gasteiger partial charge in [0.05, 0.1) is 0 Å². The van der Waals surface area contributed by atoms with E-state index in [1.165, 1.54) is 63.0 Å². The molecule has 0 aliphatic carbocycles. The molecule has 3 heteroatoms. The number of hydrogen-bond donors (Lipinski definition) is 0. The van der Waals surface area contributed by atoms with Gasteiger partial charge >= 0.3 is 195 Å². The Balaban J connectivity index is 2.69. The van der Waals surface area contributed by atoms with Gasteiger partial charge in [0.2, 0.25) is 0 Å². The molecule has 0 saturated carbocycles. The minimum atomic E-state index is -2.68. The molecule has 0 spiro atoms. The van der Waals surface area contributed by atoms with Crippen LogP contribution in [0.5, 0.6) is 11.5 Å². The van der Waals surface area contributed by atoms with Crippen LogP contribution in [0.4, 0.5) is 0 Å². The molecule has 2 rings (SSSR count). The molecule has 0 heterocycles. The second kappa shape index (κ2) is 13.9. The summed E-state index contributed by atoms with van der Waals surface area (Å²) in [5, 5.41) is 0. The number of rotatable bonds is 14. The SMILES string of the molecule is CCC[CH2][Sn]([CH2]CCC)([CH2]CCC)/[C](=C/c1cccc(OC)c1)c1cccc(OC)c1. The van der Waals surface area contributed by atoms with Gasteiger partial charge in [-0.2, -0.15) is 0 Å². The molecule has 0 aliphatic heterocycles. The molecule has 2 aromatic rings. The summed E-state index contributed by atoms with van der Waals surface area (Å²) in [6.07, 6.45) is 10.4. The van der Waals surface area contributed by atoms with Crippen molar-refractivity contribution in [3.8, 4) is 11.5 Å². The van der Waals surface area contributed by atoms with Gasteiger partial charge in [-0.25, -0.2) is 0 Å². The van der Waals surface area contributed by atoms with Crippen molar-refractivity contribution in [2.75, 3.05) is 14.2 Å². The van der Waals surface area contributed by atoms with E-state index in [0.29, 0.717) is 0 Å². The van der Waals surface area contributed by atoms with Crippen LogP contribution in [-0.4, -0.2) is 32.6 Å². The van der Waals surface area contributed by atoms with Crippen LogP contribution >= 0.6 is 0 Å². The second-order valence-electron chi connectivity index (χ2n) is 8.66. The first-order valence-corrected chi connectivity index (χ1v) is 19.6. The Labute approximate surface area is 194 Å². The molecule has 0 unspecified atom stereocenters. The molecule has 0 atom stereocenters. The van der Waals surface area contributed by atoms with Crippen molar-refractivity contribution in [3.05, 3.63) is 59.7 Å². The summed E-state index contributed by atoms with van der Waals surface area (Å²) < 4.78 is 17.1. The average Bonchev–Trinajstić information content (AvgIpc) is 2.82. The molecule has 0 amide bonds. The van der Waals surface area contributed by atoms with E-state index in [-0.39, 0.29) is 0 Å². The normalized spacial score (nSPS) is 12.1. The summed E-state index contributed by atoms with van der Waals surface area (Å²) in [5.74, 6) is 1.88. The molecular weight excluding hydrogens is 487 g/mol. The molecular formula is C28H42O2Sn. The summed E-state index contributed by atoms with van der Waals surface area (Å²) in [4.78, 5) is 0. The minimum absolute atomic E-state index is 0.926. The maximum absolute atomic E-state index is 5.62. The van der Waals surface area contributed by atoms with E-state index < -0.39 is 18.4 Å². The Hall–Kier alpha value is -1.42. The van der Waals surface area contributed by atoms with Gasteiger partial charge in [0.25, 0.3) is 0 Å². The van der Waals surface area contributed by atoms with Crippen LogP contribution in [0.1, 0.15) is 70.4 Å². The summed E-state index contributed by atoms with van der Waals surface area (Å²) in [5.41, 5.74) is 2.63. The van der Waals surface area contributed by atoms with E-state index in [9.17, 15) is 0 Å². The number of benzene rings is 2. The third-order valence-corrected chi connectivity index (χ3v) is 22.1. The first kappa shape index (κ1) is 25.8. The van der Waals surface area contributed by atoms with Gasteiger partial charge in [0, 0.05) is 0 Å². The summed E-state index contributed by atoms with van der Waals surface area (Å²) in [7, 11) is 3.52. The molecule has 0 N–H and O–H groups in total. The van der Waals surface area contributed by atoms with E-state index >= 15 is 0 Å². The van der Waals surface area contributed by atoms with Gasteiger partial charge in [-0.05, 0) is 0 Å². The van der Waals surface area contributed by atoms with Crippen molar-refractivity contribution in [1.82, 2.24) is 0 Å². The zero-order valence-corrected chi connectivity index (χ0v) is 23.2. The Kier molecular flexibility index (Phi) is 11.6. The quantitative estimate of drug-likeness (QED) is 0.180. The van der Waals surface area contributed by atoms with E-state index in [2.05, 4.69) is 69.3 Å². The fourth-order valence-corrected chi connectivity index (χ4v) is 21.4. The van der Waals surface area contributed by atoms with Crippen molar-refractivity contribution >= 4 is 28.0 Å². The monoisotopic (exact) mass is 530 g/mol. The zero-order valence-electron chi connectivity index (χ0n) is 20.4. The van der Waals surface area contributed by atoms with Crippen LogP contribution in [0.15, 0.2) is 48.5 Å².